The number of aliphatic hydroxyl groups excluding tert-OH is 1. The molecule has 0 heterocycles. The Balaban J connectivity index is 1.63. The van der Waals surface area contributed by atoms with E-state index in [1.54, 1.807) is 0 Å². The van der Waals surface area contributed by atoms with Crippen LogP contribution in [0.3, 0.4) is 0 Å². The molecule has 0 unspecified atom stereocenters. The van der Waals surface area contributed by atoms with Gasteiger partial charge in [0, 0.05) is 19.2 Å². The molecule has 0 spiro atoms. The summed E-state index contributed by atoms with van der Waals surface area (Å²) in [5, 5.41) is 8.71. The predicted molar refractivity (Wildman–Crippen MR) is 53.6 cm³/mol. The minimum atomic E-state index is 0.363. The molecular weight excluding hydrogens is 162 g/mol. The molecule has 0 bridgehead atoms. The van der Waals surface area contributed by atoms with Gasteiger partial charge < -0.3 is 10.0 Å². The molecule has 2 aliphatic rings. The van der Waals surface area contributed by atoms with Crippen molar-refractivity contribution in [2.75, 3.05) is 19.7 Å². The zero-order valence-electron chi connectivity index (χ0n) is 8.41. The lowest BCUT2D eigenvalue weighted by Gasteiger charge is -2.21. The third-order valence-corrected chi connectivity index (χ3v) is 3.11. The average Bonchev–Trinajstić information content (AvgIpc) is 2.98. The number of unbranched alkanes of at least 4 members (excludes halogenated alkanes) is 1. The van der Waals surface area contributed by atoms with Crippen LogP contribution in [0.4, 0.5) is 0 Å². The lowest BCUT2D eigenvalue weighted by molar-refractivity contribution is 0.228. The van der Waals surface area contributed by atoms with Crippen LogP contribution in [-0.2, 0) is 0 Å². The molecule has 0 amide bonds. The van der Waals surface area contributed by atoms with Gasteiger partial charge >= 0.3 is 0 Å². The summed E-state index contributed by atoms with van der Waals surface area (Å²) in [6.45, 7) is 2.93. The van der Waals surface area contributed by atoms with E-state index in [4.69, 9.17) is 5.11 Å². The van der Waals surface area contributed by atoms with Crippen LogP contribution >= 0.6 is 0 Å². The molecule has 2 heteroatoms. The first-order valence-corrected chi connectivity index (χ1v) is 5.75. The monoisotopic (exact) mass is 183 g/mol. The van der Waals surface area contributed by atoms with Crippen LogP contribution in [0.2, 0.25) is 0 Å². The Kier molecular flexibility index (Phi) is 3.23. The van der Waals surface area contributed by atoms with Crippen molar-refractivity contribution < 1.29 is 5.11 Å². The van der Waals surface area contributed by atoms with Crippen LogP contribution in [0.15, 0.2) is 0 Å². The predicted octanol–water partition coefficient (Wildman–Crippen LogP) is 1.63. The zero-order chi connectivity index (χ0) is 9.10. The second kappa shape index (κ2) is 4.43. The summed E-state index contributed by atoms with van der Waals surface area (Å²) in [6, 6.07) is 0.916. The molecule has 0 aromatic rings. The fourth-order valence-corrected chi connectivity index (χ4v) is 1.92. The summed E-state index contributed by atoms with van der Waals surface area (Å²) in [5.74, 6) is 1.02. The Labute approximate surface area is 80.9 Å². The van der Waals surface area contributed by atoms with Gasteiger partial charge in [-0.3, -0.25) is 0 Å². The average molecular weight is 183 g/mol. The van der Waals surface area contributed by atoms with Crippen LogP contribution in [0, 0.1) is 5.92 Å². The lowest BCUT2D eigenvalue weighted by atomic mass is 10.2. The van der Waals surface area contributed by atoms with Gasteiger partial charge in [0.1, 0.15) is 0 Å². The van der Waals surface area contributed by atoms with Gasteiger partial charge in [-0.1, -0.05) is 0 Å². The molecule has 2 rings (SSSR count). The maximum absolute atomic E-state index is 8.71. The molecule has 1 N–H and O–H groups in total. The van der Waals surface area contributed by atoms with E-state index in [9.17, 15) is 0 Å². The highest BCUT2D eigenvalue weighted by molar-refractivity contribution is 4.88. The number of nitrogens with zero attached hydrogens (tertiary/aromatic N) is 1. The van der Waals surface area contributed by atoms with E-state index in [0.717, 1.165) is 18.4 Å². The summed E-state index contributed by atoms with van der Waals surface area (Å²) in [7, 11) is 0. The molecule has 0 aliphatic heterocycles. The van der Waals surface area contributed by atoms with Gasteiger partial charge in [0.15, 0.2) is 0 Å². The second-order valence-corrected chi connectivity index (χ2v) is 4.60. The van der Waals surface area contributed by atoms with Crippen molar-refractivity contribution in [1.82, 2.24) is 4.90 Å². The molecule has 2 nitrogen and oxygen atoms in total. The fraction of sp³-hybridized carbons (Fsp3) is 1.00. The van der Waals surface area contributed by atoms with Gasteiger partial charge in [-0.15, -0.1) is 0 Å². The van der Waals surface area contributed by atoms with Crippen LogP contribution in [0.1, 0.15) is 38.5 Å². The maximum atomic E-state index is 8.71. The highest BCUT2D eigenvalue weighted by atomic mass is 16.2. The maximum Gasteiger partial charge on any atom is 0.0431 e. The summed E-state index contributed by atoms with van der Waals surface area (Å²) in [6.07, 6.45) is 7.93. The standard InChI is InChI=1S/C11H21NO/c13-8-2-1-7-12(11-5-6-11)9-10-3-4-10/h10-11,13H,1-9H2. The molecule has 0 radical (unpaired) electrons. The molecule has 2 fully saturated rings. The molecule has 76 valence electrons. The first-order valence-electron chi connectivity index (χ1n) is 5.75. The van der Waals surface area contributed by atoms with E-state index in [0.29, 0.717) is 6.61 Å². The SMILES string of the molecule is OCCCCN(CC1CC1)C1CC1. The van der Waals surface area contributed by atoms with Crippen LogP contribution in [0.25, 0.3) is 0 Å². The topological polar surface area (TPSA) is 23.5 Å². The molecule has 0 saturated heterocycles. The van der Waals surface area contributed by atoms with Crippen molar-refractivity contribution in [3.8, 4) is 0 Å². The Bertz CT molecular complexity index is 152. The highest BCUT2D eigenvalue weighted by Crippen LogP contribution is 2.34. The normalized spacial score (nSPS) is 22.6. The summed E-state index contributed by atoms with van der Waals surface area (Å²) >= 11 is 0. The van der Waals surface area contributed by atoms with E-state index in [1.807, 2.05) is 0 Å². The van der Waals surface area contributed by atoms with Crippen LogP contribution < -0.4 is 0 Å². The van der Waals surface area contributed by atoms with Gasteiger partial charge in [0.25, 0.3) is 0 Å². The first-order chi connectivity index (χ1) is 6.40. The quantitative estimate of drug-likeness (QED) is 0.606. The third-order valence-electron chi connectivity index (χ3n) is 3.11. The third kappa shape index (κ3) is 3.28. The van der Waals surface area contributed by atoms with Crippen molar-refractivity contribution >= 4 is 0 Å². The Morgan fingerprint density at radius 1 is 1.08 bits per heavy atom. The minimum Gasteiger partial charge on any atom is -0.396 e. The van der Waals surface area contributed by atoms with Crippen molar-refractivity contribution in [3.05, 3.63) is 0 Å². The van der Waals surface area contributed by atoms with E-state index >= 15 is 0 Å². The van der Waals surface area contributed by atoms with E-state index in [-0.39, 0.29) is 0 Å². The fourth-order valence-electron chi connectivity index (χ4n) is 1.92. The lowest BCUT2D eigenvalue weighted by Crippen LogP contribution is -2.29. The Hall–Kier alpha value is -0.0800. The highest BCUT2D eigenvalue weighted by Gasteiger charge is 2.32. The number of hydrogen-bond donors (Lipinski definition) is 1. The number of hydrogen-bond acceptors (Lipinski definition) is 2. The molecule has 13 heavy (non-hydrogen) atoms. The van der Waals surface area contributed by atoms with E-state index in [1.165, 1.54) is 45.2 Å². The van der Waals surface area contributed by atoms with E-state index in [2.05, 4.69) is 4.90 Å². The van der Waals surface area contributed by atoms with E-state index < -0.39 is 0 Å². The summed E-state index contributed by atoms with van der Waals surface area (Å²) < 4.78 is 0. The first kappa shape index (κ1) is 9.47. The summed E-state index contributed by atoms with van der Waals surface area (Å²) in [5.41, 5.74) is 0. The van der Waals surface area contributed by atoms with Gasteiger partial charge in [0.05, 0.1) is 0 Å². The largest absolute Gasteiger partial charge is 0.396 e. The second-order valence-electron chi connectivity index (χ2n) is 4.60. The van der Waals surface area contributed by atoms with Crippen molar-refractivity contribution in [2.45, 2.75) is 44.6 Å². The van der Waals surface area contributed by atoms with Crippen molar-refractivity contribution in [3.63, 3.8) is 0 Å². The Morgan fingerprint density at radius 2 is 1.85 bits per heavy atom. The smallest absolute Gasteiger partial charge is 0.0431 e. The van der Waals surface area contributed by atoms with Crippen LogP contribution in [-0.4, -0.2) is 35.7 Å². The molecule has 2 aliphatic carbocycles. The van der Waals surface area contributed by atoms with Gasteiger partial charge in [0.2, 0.25) is 0 Å². The summed E-state index contributed by atoms with van der Waals surface area (Å²) in [4.78, 5) is 2.66. The molecule has 0 aromatic heterocycles. The van der Waals surface area contributed by atoms with Gasteiger partial charge in [-0.2, -0.15) is 0 Å². The van der Waals surface area contributed by atoms with Gasteiger partial charge in [-0.05, 0) is 51.0 Å². The van der Waals surface area contributed by atoms with Crippen molar-refractivity contribution in [1.29, 1.82) is 0 Å². The molecule has 0 aromatic carbocycles. The number of rotatable bonds is 7. The Morgan fingerprint density at radius 3 is 2.38 bits per heavy atom. The molecule has 0 atom stereocenters. The number of aliphatic hydroxyl groups is 1. The minimum absolute atomic E-state index is 0.363. The van der Waals surface area contributed by atoms with Gasteiger partial charge in [-0.25, -0.2) is 0 Å². The zero-order valence-corrected chi connectivity index (χ0v) is 8.41. The van der Waals surface area contributed by atoms with Crippen LogP contribution in [0.5, 0.6) is 0 Å². The molecule has 2 saturated carbocycles. The van der Waals surface area contributed by atoms with Crippen molar-refractivity contribution in [2.24, 2.45) is 5.92 Å². The molecular formula is C11H21NO.